The molecule has 2 aliphatic heterocycles. The normalized spacial score (nSPS) is 20.4. The van der Waals surface area contributed by atoms with E-state index in [1.165, 1.54) is 0 Å². The number of pyridine rings is 2. The van der Waals surface area contributed by atoms with E-state index >= 15 is 0 Å². The van der Waals surface area contributed by atoms with Crippen LogP contribution in [-0.2, 0) is 34.3 Å². The van der Waals surface area contributed by atoms with Crippen LogP contribution < -0.4 is 10.6 Å². The Morgan fingerprint density at radius 2 is 1.35 bits per heavy atom. The number of alkyl halides is 1. The summed E-state index contributed by atoms with van der Waals surface area (Å²) in [5, 5.41) is 5.79. The van der Waals surface area contributed by atoms with Gasteiger partial charge in [0.15, 0.2) is 17.4 Å². The highest BCUT2D eigenvalue weighted by Gasteiger charge is 2.52. The van der Waals surface area contributed by atoms with Crippen molar-refractivity contribution in [3.05, 3.63) is 95.1 Å². The van der Waals surface area contributed by atoms with Gasteiger partial charge in [0.2, 0.25) is 5.91 Å². The summed E-state index contributed by atoms with van der Waals surface area (Å²) >= 11 is 3.38. The number of nitrogens with one attached hydrogen (secondary N) is 3. The summed E-state index contributed by atoms with van der Waals surface area (Å²) < 4.78 is 0. The third-order valence-electron chi connectivity index (χ3n) is 11.3. The predicted molar refractivity (Wildman–Crippen MR) is 201 cm³/mol. The molecule has 5 aromatic heterocycles. The number of H-pyrrole nitrogens is 1. The van der Waals surface area contributed by atoms with Crippen LogP contribution in [-0.4, -0.2) is 76.2 Å². The van der Waals surface area contributed by atoms with Crippen LogP contribution in [0.4, 0.5) is 0 Å². The highest BCUT2D eigenvalue weighted by molar-refractivity contribution is 9.10. The number of halogens is 1. The van der Waals surface area contributed by atoms with Crippen molar-refractivity contribution in [2.24, 2.45) is 5.41 Å². The average Bonchev–Trinajstić information content (AvgIpc) is 4.14. The Morgan fingerprint density at radius 3 is 1.96 bits per heavy atom. The van der Waals surface area contributed by atoms with E-state index < -0.39 is 0 Å². The zero-order valence-corrected chi connectivity index (χ0v) is 30.9. The summed E-state index contributed by atoms with van der Waals surface area (Å²) in [6.07, 6.45) is 18.3. The number of aromatic nitrogens is 7. The van der Waals surface area contributed by atoms with E-state index in [1.807, 2.05) is 30.5 Å². The van der Waals surface area contributed by atoms with Gasteiger partial charge in [0, 0.05) is 77.9 Å². The van der Waals surface area contributed by atoms with E-state index in [4.69, 9.17) is 4.98 Å². The van der Waals surface area contributed by atoms with Crippen molar-refractivity contribution >= 4 is 39.3 Å². The molecule has 1 unspecified atom stereocenters. The molecule has 272 valence electrons. The first kappa shape index (κ1) is 34.3. The number of rotatable bonds is 2. The van der Waals surface area contributed by atoms with E-state index in [2.05, 4.69) is 56.5 Å². The lowest BCUT2D eigenvalue weighted by molar-refractivity contribution is -0.134. The van der Waals surface area contributed by atoms with Gasteiger partial charge in [-0.15, -0.1) is 0 Å². The molecule has 0 aromatic carbocycles. The minimum absolute atomic E-state index is 0.0452. The molecule has 6 aliphatic rings. The van der Waals surface area contributed by atoms with Crippen LogP contribution in [0.3, 0.4) is 0 Å². The number of hydrogen-bond donors (Lipinski definition) is 3. The van der Waals surface area contributed by atoms with Gasteiger partial charge in [-0.1, -0.05) is 15.9 Å². The molecule has 5 aromatic rings. The van der Waals surface area contributed by atoms with E-state index in [0.29, 0.717) is 23.9 Å². The van der Waals surface area contributed by atoms with Crippen LogP contribution >= 0.6 is 15.9 Å². The number of aryl methyl sites for hydroxylation is 2. The number of carbonyl (C=O) groups excluding carboxylic acids is 4. The minimum atomic E-state index is -0.123. The van der Waals surface area contributed by atoms with Crippen molar-refractivity contribution in [1.29, 1.82) is 0 Å². The number of nitrogens with zero attached hydrogens (tertiary/aromatic N) is 6. The Morgan fingerprint density at radius 1 is 0.722 bits per heavy atom. The SMILES string of the molecule is O=C1CC(=O)C2(CC2)CN1.O=C1NCC2(CC2)c2[nH]c3c(c21)CCc1cnc(-c2cccnc2)nc1-3.O=C1c2nc(-c3cccnc3)ncc2CCC1Br. The van der Waals surface area contributed by atoms with Crippen LogP contribution in [0, 0.1) is 5.41 Å². The van der Waals surface area contributed by atoms with Gasteiger partial charge in [0.1, 0.15) is 11.5 Å². The van der Waals surface area contributed by atoms with Gasteiger partial charge >= 0.3 is 0 Å². The number of ketones is 2. The third kappa shape index (κ3) is 6.21. The number of Topliss-reactive ketones (excluding diaryl/α,β-unsaturated/α-hetero) is 2. The smallest absolute Gasteiger partial charge is 0.253 e. The number of aromatic amines is 1. The first-order valence-corrected chi connectivity index (χ1v) is 19.2. The number of piperidine rings is 1. The second-order valence-corrected chi connectivity index (χ2v) is 15.9. The maximum absolute atomic E-state index is 12.6. The molecule has 2 amide bonds. The average molecular weight is 787 g/mol. The Labute approximate surface area is 318 Å². The number of hydrogen-bond acceptors (Lipinski definition) is 10. The van der Waals surface area contributed by atoms with Crippen LogP contribution in [0.2, 0.25) is 0 Å². The lowest BCUT2D eigenvalue weighted by Crippen LogP contribution is -2.42. The molecule has 0 radical (unpaired) electrons. The van der Waals surface area contributed by atoms with Crippen molar-refractivity contribution in [3.63, 3.8) is 0 Å². The molecular weight excluding hydrogens is 750 g/mol. The highest BCUT2D eigenvalue weighted by atomic mass is 79.9. The molecule has 3 N–H and O–H groups in total. The van der Waals surface area contributed by atoms with Gasteiger partial charge in [0.05, 0.1) is 28.2 Å². The lowest BCUT2D eigenvalue weighted by atomic mass is 9.88. The second kappa shape index (κ2) is 13.4. The first-order chi connectivity index (χ1) is 26.2. The van der Waals surface area contributed by atoms with Gasteiger partial charge in [-0.3, -0.25) is 29.1 Å². The second-order valence-electron chi connectivity index (χ2n) is 14.8. The van der Waals surface area contributed by atoms with Gasteiger partial charge < -0.3 is 15.6 Å². The van der Waals surface area contributed by atoms with Gasteiger partial charge in [-0.05, 0) is 92.3 Å². The molecule has 11 rings (SSSR count). The summed E-state index contributed by atoms with van der Waals surface area (Å²) in [6.45, 7) is 1.33. The molecule has 13 nitrogen and oxygen atoms in total. The molecule has 1 atom stereocenters. The zero-order chi connectivity index (χ0) is 37.0. The summed E-state index contributed by atoms with van der Waals surface area (Å²) in [4.78, 5) is 76.1. The van der Waals surface area contributed by atoms with Crippen LogP contribution in [0.5, 0.6) is 0 Å². The van der Waals surface area contributed by atoms with Gasteiger partial charge in [-0.2, -0.15) is 0 Å². The van der Waals surface area contributed by atoms with Crippen molar-refractivity contribution in [2.75, 3.05) is 13.1 Å². The highest BCUT2D eigenvalue weighted by Crippen LogP contribution is 2.52. The Kier molecular flexibility index (Phi) is 8.52. The first-order valence-electron chi connectivity index (χ1n) is 18.3. The Bertz CT molecular complexity index is 2340. The zero-order valence-electron chi connectivity index (χ0n) is 29.3. The molecule has 14 heteroatoms. The molecular formula is C40H36BrN9O4. The Balaban J connectivity index is 0.000000119. The van der Waals surface area contributed by atoms with Crippen LogP contribution in [0.1, 0.15) is 81.8 Å². The molecule has 2 saturated carbocycles. The number of carbonyl (C=O) groups is 4. The maximum Gasteiger partial charge on any atom is 0.253 e. The molecule has 1 saturated heterocycles. The quantitative estimate of drug-likeness (QED) is 0.168. The van der Waals surface area contributed by atoms with E-state index in [9.17, 15) is 19.2 Å². The van der Waals surface area contributed by atoms with Crippen molar-refractivity contribution in [1.82, 2.24) is 45.5 Å². The summed E-state index contributed by atoms with van der Waals surface area (Å²) in [5.74, 6) is 1.36. The van der Waals surface area contributed by atoms with Gasteiger partial charge in [0.25, 0.3) is 5.91 Å². The van der Waals surface area contributed by atoms with E-state index in [0.717, 1.165) is 108 Å². The number of fused-ring (bicyclic) bond motifs is 7. The molecule has 2 spiro atoms. The largest absolute Gasteiger partial charge is 0.356 e. The Hall–Kier alpha value is -5.50. The molecule has 3 fully saturated rings. The molecule has 7 heterocycles. The predicted octanol–water partition coefficient (Wildman–Crippen LogP) is 4.69. The monoisotopic (exact) mass is 785 g/mol. The number of amides is 2. The van der Waals surface area contributed by atoms with Crippen LogP contribution in [0.25, 0.3) is 34.2 Å². The summed E-state index contributed by atoms with van der Waals surface area (Å²) in [6, 6.07) is 7.56. The standard InChI is InChI=1S/C20H17N5O.C13H10BrN3O.C7H9NO2/c26-19-14-13-4-3-11-9-22-18(12-2-1-7-21-8-12)25-15(11)16(13)24-17(14)20(5-6-20)10-23-19;14-10-4-3-8-7-16-13(17-11(8)12(10)18)9-2-1-5-15-6-9;9-5-3-6(10)8-4-7(5)1-2-7/h1-2,7-9,24H,3-6,10H2,(H,23,26);1-2,5-7,10H,3-4H2;1-4H2,(H,8,10). The fourth-order valence-corrected chi connectivity index (χ4v) is 8.16. The van der Waals surface area contributed by atoms with Crippen molar-refractivity contribution < 1.29 is 19.2 Å². The fourth-order valence-electron chi connectivity index (χ4n) is 7.71. The maximum atomic E-state index is 12.6. The lowest BCUT2D eigenvalue weighted by Gasteiger charge is -2.23. The molecule has 0 bridgehead atoms. The van der Waals surface area contributed by atoms with Crippen LogP contribution in [0.15, 0.2) is 61.4 Å². The summed E-state index contributed by atoms with van der Waals surface area (Å²) in [7, 11) is 0. The minimum Gasteiger partial charge on any atom is -0.356 e. The third-order valence-corrected chi connectivity index (χ3v) is 12.2. The molecule has 54 heavy (non-hydrogen) atoms. The van der Waals surface area contributed by atoms with Gasteiger partial charge in [-0.25, -0.2) is 19.9 Å². The van der Waals surface area contributed by atoms with Crippen molar-refractivity contribution in [3.8, 4) is 34.2 Å². The van der Waals surface area contributed by atoms with E-state index in [-0.39, 0.29) is 45.5 Å². The molecule has 4 aliphatic carbocycles. The van der Waals surface area contributed by atoms with E-state index in [1.54, 1.807) is 31.0 Å². The topological polar surface area (TPSA) is 185 Å². The fraction of sp³-hybridized carbons (Fsp3) is 0.350. The summed E-state index contributed by atoms with van der Waals surface area (Å²) in [5.41, 5.74) is 9.40. The van der Waals surface area contributed by atoms with Crippen molar-refractivity contribution in [2.45, 2.75) is 68.0 Å².